The molecule has 0 amide bonds. The molecule has 1 rings (SSSR count). The standard InChI is InChI=1S/C13H18BrNO4/c1-3-18-11-7-9(8-15)6-10(14)13(11)19-5-4-12(16)17-2/h6-7H,3-5,8,15H2,1-2H3. The maximum atomic E-state index is 11.0. The number of rotatable bonds is 7. The Morgan fingerprint density at radius 2 is 2.11 bits per heavy atom. The van der Waals surface area contributed by atoms with Gasteiger partial charge in [0.05, 0.1) is 31.2 Å². The highest BCUT2D eigenvalue weighted by Crippen LogP contribution is 2.36. The van der Waals surface area contributed by atoms with Gasteiger partial charge in [-0.25, -0.2) is 0 Å². The highest BCUT2D eigenvalue weighted by atomic mass is 79.9. The molecule has 0 heterocycles. The molecular formula is C13H18BrNO4. The first-order valence-electron chi connectivity index (χ1n) is 5.97. The quantitative estimate of drug-likeness (QED) is 0.776. The van der Waals surface area contributed by atoms with E-state index in [2.05, 4.69) is 20.7 Å². The van der Waals surface area contributed by atoms with Gasteiger partial charge < -0.3 is 19.9 Å². The SMILES string of the molecule is CCOc1cc(CN)cc(Br)c1OCCC(=O)OC. The molecule has 0 fully saturated rings. The zero-order valence-electron chi connectivity index (χ0n) is 11.1. The molecule has 0 aliphatic heterocycles. The molecule has 0 aliphatic carbocycles. The minimum atomic E-state index is -0.312. The summed E-state index contributed by atoms with van der Waals surface area (Å²) in [5.74, 6) is 0.873. The summed E-state index contributed by atoms with van der Waals surface area (Å²) < 4.78 is 16.4. The summed E-state index contributed by atoms with van der Waals surface area (Å²) in [5, 5.41) is 0. The van der Waals surface area contributed by atoms with Gasteiger partial charge in [-0.15, -0.1) is 0 Å². The van der Waals surface area contributed by atoms with Gasteiger partial charge in [0, 0.05) is 6.54 Å². The van der Waals surface area contributed by atoms with Crippen LogP contribution >= 0.6 is 15.9 Å². The molecule has 0 unspecified atom stereocenters. The first kappa shape index (κ1) is 15.8. The van der Waals surface area contributed by atoms with Gasteiger partial charge in [0.15, 0.2) is 11.5 Å². The highest BCUT2D eigenvalue weighted by molar-refractivity contribution is 9.10. The Hall–Kier alpha value is -1.27. The summed E-state index contributed by atoms with van der Waals surface area (Å²) in [5.41, 5.74) is 6.55. The second-order valence-corrected chi connectivity index (χ2v) is 4.57. The Kier molecular flexibility index (Phi) is 6.66. The number of carbonyl (C=O) groups is 1. The molecule has 0 aliphatic rings. The van der Waals surface area contributed by atoms with Crippen LogP contribution in [0.5, 0.6) is 11.5 Å². The van der Waals surface area contributed by atoms with Crippen molar-refractivity contribution in [2.75, 3.05) is 20.3 Å². The van der Waals surface area contributed by atoms with E-state index >= 15 is 0 Å². The molecule has 1 aromatic rings. The maximum Gasteiger partial charge on any atom is 0.308 e. The highest BCUT2D eigenvalue weighted by Gasteiger charge is 2.12. The Bertz CT molecular complexity index is 437. The number of carbonyl (C=O) groups excluding carboxylic acids is 1. The van der Waals surface area contributed by atoms with Crippen LogP contribution in [0, 0.1) is 0 Å². The lowest BCUT2D eigenvalue weighted by molar-refractivity contribution is -0.141. The van der Waals surface area contributed by atoms with E-state index in [1.54, 1.807) is 0 Å². The number of hydrogen-bond acceptors (Lipinski definition) is 5. The first-order valence-corrected chi connectivity index (χ1v) is 6.76. The molecule has 0 atom stereocenters. The summed E-state index contributed by atoms with van der Waals surface area (Å²) in [6.45, 7) is 3.06. The van der Waals surface area contributed by atoms with E-state index in [-0.39, 0.29) is 19.0 Å². The monoisotopic (exact) mass is 331 g/mol. The van der Waals surface area contributed by atoms with Crippen LogP contribution in [0.15, 0.2) is 16.6 Å². The minimum Gasteiger partial charge on any atom is -0.490 e. The minimum absolute atomic E-state index is 0.188. The number of halogens is 1. The van der Waals surface area contributed by atoms with E-state index in [4.69, 9.17) is 15.2 Å². The lowest BCUT2D eigenvalue weighted by atomic mass is 10.2. The van der Waals surface area contributed by atoms with Crippen molar-refractivity contribution in [1.29, 1.82) is 0 Å². The Labute approximate surface area is 121 Å². The van der Waals surface area contributed by atoms with Crippen molar-refractivity contribution in [2.24, 2.45) is 5.73 Å². The second-order valence-electron chi connectivity index (χ2n) is 3.72. The van der Waals surface area contributed by atoms with E-state index in [1.807, 2.05) is 19.1 Å². The van der Waals surface area contributed by atoms with E-state index in [0.717, 1.165) is 10.0 Å². The fraction of sp³-hybridized carbons (Fsp3) is 0.462. The smallest absolute Gasteiger partial charge is 0.308 e. The molecule has 6 heteroatoms. The fourth-order valence-electron chi connectivity index (χ4n) is 1.48. The van der Waals surface area contributed by atoms with Gasteiger partial charge in [0.1, 0.15) is 0 Å². The zero-order chi connectivity index (χ0) is 14.3. The lowest BCUT2D eigenvalue weighted by Crippen LogP contribution is -2.09. The van der Waals surface area contributed by atoms with Crippen molar-refractivity contribution < 1.29 is 19.0 Å². The fourth-order valence-corrected chi connectivity index (χ4v) is 2.08. The summed E-state index contributed by atoms with van der Waals surface area (Å²) in [4.78, 5) is 11.0. The van der Waals surface area contributed by atoms with Gasteiger partial charge in [-0.2, -0.15) is 0 Å². The summed E-state index contributed by atoms with van der Waals surface area (Å²) in [6, 6.07) is 3.71. The number of methoxy groups -OCH3 is 1. The summed E-state index contributed by atoms with van der Waals surface area (Å²) in [7, 11) is 1.35. The molecule has 106 valence electrons. The van der Waals surface area contributed by atoms with Gasteiger partial charge in [0.25, 0.3) is 0 Å². The van der Waals surface area contributed by atoms with Gasteiger partial charge in [-0.3, -0.25) is 4.79 Å². The summed E-state index contributed by atoms with van der Waals surface area (Å²) >= 11 is 3.42. The molecular weight excluding hydrogens is 314 g/mol. The number of benzene rings is 1. The average Bonchev–Trinajstić information content (AvgIpc) is 2.41. The van der Waals surface area contributed by atoms with Crippen LogP contribution in [-0.2, 0) is 16.1 Å². The van der Waals surface area contributed by atoms with Gasteiger partial charge >= 0.3 is 5.97 Å². The molecule has 1 aromatic carbocycles. The van der Waals surface area contributed by atoms with E-state index in [9.17, 15) is 4.79 Å². The molecule has 0 radical (unpaired) electrons. The third-order valence-electron chi connectivity index (χ3n) is 2.39. The predicted molar refractivity (Wildman–Crippen MR) is 75.3 cm³/mol. The first-order chi connectivity index (χ1) is 9.12. The molecule has 0 spiro atoms. The van der Waals surface area contributed by atoms with Crippen LogP contribution in [0.4, 0.5) is 0 Å². The van der Waals surface area contributed by atoms with Gasteiger partial charge in [-0.05, 0) is 40.5 Å². The molecule has 2 N–H and O–H groups in total. The third-order valence-corrected chi connectivity index (χ3v) is 2.97. The van der Waals surface area contributed by atoms with E-state index in [0.29, 0.717) is 24.7 Å². The number of nitrogens with two attached hydrogens (primary N) is 1. The number of esters is 1. The lowest BCUT2D eigenvalue weighted by Gasteiger charge is -2.14. The van der Waals surface area contributed by atoms with Crippen molar-refractivity contribution in [3.05, 3.63) is 22.2 Å². The molecule has 0 saturated heterocycles. The summed E-state index contributed by atoms with van der Waals surface area (Å²) in [6.07, 6.45) is 0.188. The van der Waals surface area contributed by atoms with Crippen LogP contribution in [-0.4, -0.2) is 26.3 Å². The van der Waals surface area contributed by atoms with Gasteiger partial charge in [0.2, 0.25) is 0 Å². The number of ether oxygens (including phenoxy) is 3. The van der Waals surface area contributed by atoms with Crippen molar-refractivity contribution in [1.82, 2.24) is 0 Å². The van der Waals surface area contributed by atoms with Crippen LogP contribution in [0.3, 0.4) is 0 Å². The van der Waals surface area contributed by atoms with Crippen LogP contribution < -0.4 is 15.2 Å². The van der Waals surface area contributed by atoms with Crippen molar-refractivity contribution in [3.8, 4) is 11.5 Å². The largest absolute Gasteiger partial charge is 0.490 e. The molecule has 0 aromatic heterocycles. The van der Waals surface area contributed by atoms with Crippen LogP contribution in [0.2, 0.25) is 0 Å². The van der Waals surface area contributed by atoms with Crippen molar-refractivity contribution >= 4 is 21.9 Å². The van der Waals surface area contributed by atoms with Crippen molar-refractivity contribution in [2.45, 2.75) is 19.9 Å². The molecule has 5 nitrogen and oxygen atoms in total. The van der Waals surface area contributed by atoms with E-state index in [1.165, 1.54) is 7.11 Å². The Morgan fingerprint density at radius 1 is 1.37 bits per heavy atom. The topological polar surface area (TPSA) is 70.8 Å². The van der Waals surface area contributed by atoms with Crippen LogP contribution in [0.1, 0.15) is 18.9 Å². The zero-order valence-corrected chi connectivity index (χ0v) is 12.7. The molecule has 0 saturated carbocycles. The normalized spacial score (nSPS) is 10.1. The number of hydrogen-bond donors (Lipinski definition) is 1. The third kappa shape index (κ3) is 4.72. The van der Waals surface area contributed by atoms with E-state index < -0.39 is 0 Å². The maximum absolute atomic E-state index is 11.0. The van der Waals surface area contributed by atoms with Crippen LogP contribution in [0.25, 0.3) is 0 Å². The Morgan fingerprint density at radius 3 is 2.68 bits per heavy atom. The Balaban J connectivity index is 2.82. The van der Waals surface area contributed by atoms with Crippen molar-refractivity contribution in [3.63, 3.8) is 0 Å². The molecule has 19 heavy (non-hydrogen) atoms. The van der Waals surface area contributed by atoms with Gasteiger partial charge in [-0.1, -0.05) is 0 Å². The average molecular weight is 332 g/mol. The molecule has 0 bridgehead atoms. The second kappa shape index (κ2) is 8.01. The predicted octanol–water partition coefficient (Wildman–Crippen LogP) is 2.25.